The van der Waals surface area contributed by atoms with Crippen molar-refractivity contribution >= 4 is 56.3 Å². The van der Waals surface area contributed by atoms with Gasteiger partial charge in [0.2, 0.25) is 0 Å². The Morgan fingerprint density at radius 1 is 1.21 bits per heavy atom. The van der Waals surface area contributed by atoms with E-state index in [4.69, 9.17) is 9.84 Å². The van der Waals surface area contributed by atoms with E-state index in [1.165, 1.54) is 12.1 Å². The first-order valence-electron chi connectivity index (χ1n) is 8.22. The maximum atomic E-state index is 12.5. The van der Waals surface area contributed by atoms with Crippen LogP contribution in [0.2, 0.25) is 0 Å². The van der Waals surface area contributed by atoms with Crippen LogP contribution in [-0.4, -0.2) is 22.3 Å². The van der Waals surface area contributed by atoms with Crippen molar-refractivity contribution in [3.63, 3.8) is 0 Å². The Kier molecular flexibility index (Phi) is 7.48. The molecule has 0 fully saturated rings. The molecule has 148 valence electrons. The van der Waals surface area contributed by atoms with Gasteiger partial charge >= 0.3 is 12.1 Å². The Morgan fingerprint density at radius 3 is 2.46 bits per heavy atom. The van der Waals surface area contributed by atoms with Crippen molar-refractivity contribution in [2.24, 2.45) is 5.41 Å². The Balaban J connectivity index is 2.34. The zero-order valence-corrected chi connectivity index (χ0v) is 18.9. The summed E-state index contributed by atoms with van der Waals surface area (Å²) in [6.45, 7) is 3.45. The van der Waals surface area contributed by atoms with Gasteiger partial charge in [-0.25, -0.2) is 9.59 Å². The number of halogens is 2. The van der Waals surface area contributed by atoms with Crippen LogP contribution in [0.3, 0.4) is 0 Å². The van der Waals surface area contributed by atoms with E-state index in [0.29, 0.717) is 11.3 Å². The van der Waals surface area contributed by atoms with Crippen LogP contribution in [0, 0.1) is 8.99 Å². The number of rotatable bonds is 6. The highest BCUT2D eigenvalue weighted by molar-refractivity contribution is 14.1. The van der Waals surface area contributed by atoms with Gasteiger partial charge in [-0.15, -0.1) is 0 Å². The molecule has 2 aromatic rings. The highest BCUT2D eigenvalue weighted by atomic mass is 127. The normalized spacial score (nSPS) is 12.6. The average molecular weight is 560 g/mol. The standard InChI is InChI=1S/C20H19BrINO5/c1-20(2,10-9-17(25)26)18(15-11-13(22)5-8-16(15)24)28-19(27)23-14-6-3-12(21)4-7-14/h3-11,18,24H,1-2H3,(H,23,27)(H,25,26)/b10-9+/t18-/m0/s1. The second kappa shape index (κ2) is 9.42. The van der Waals surface area contributed by atoms with Gasteiger partial charge in [0.1, 0.15) is 11.9 Å². The number of carbonyl (C=O) groups is 2. The smallest absolute Gasteiger partial charge is 0.412 e. The van der Waals surface area contributed by atoms with Crippen molar-refractivity contribution < 1.29 is 24.5 Å². The number of phenolic OH excluding ortho intramolecular Hbond substituents is 1. The summed E-state index contributed by atoms with van der Waals surface area (Å²) >= 11 is 5.41. The number of carboxylic acids is 1. The minimum absolute atomic E-state index is 0.0429. The number of aromatic hydroxyl groups is 1. The number of ether oxygens (including phenoxy) is 1. The molecule has 0 unspecified atom stereocenters. The number of amides is 1. The first-order valence-corrected chi connectivity index (χ1v) is 10.1. The predicted molar refractivity (Wildman–Crippen MR) is 118 cm³/mol. The number of phenols is 1. The van der Waals surface area contributed by atoms with Gasteiger partial charge in [0.05, 0.1) is 0 Å². The molecule has 0 aromatic heterocycles. The highest BCUT2D eigenvalue weighted by Gasteiger charge is 2.34. The maximum Gasteiger partial charge on any atom is 0.412 e. The molecule has 8 heteroatoms. The third-order valence-electron chi connectivity index (χ3n) is 3.92. The zero-order chi connectivity index (χ0) is 20.9. The molecule has 3 N–H and O–H groups in total. The van der Waals surface area contributed by atoms with Gasteiger partial charge in [0, 0.05) is 30.8 Å². The van der Waals surface area contributed by atoms with Crippen molar-refractivity contribution in [2.75, 3.05) is 5.32 Å². The zero-order valence-electron chi connectivity index (χ0n) is 15.1. The number of carboxylic acid groups (broad SMARTS) is 1. The van der Waals surface area contributed by atoms with Crippen LogP contribution in [0.1, 0.15) is 25.5 Å². The van der Waals surface area contributed by atoms with E-state index < -0.39 is 23.6 Å². The second-order valence-electron chi connectivity index (χ2n) is 6.61. The molecule has 0 saturated carbocycles. The average Bonchev–Trinajstić information content (AvgIpc) is 2.62. The Labute approximate surface area is 184 Å². The lowest BCUT2D eigenvalue weighted by atomic mass is 9.81. The Hall–Kier alpha value is -2.07. The van der Waals surface area contributed by atoms with E-state index in [1.807, 2.05) is 0 Å². The van der Waals surface area contributed by atoms with Crippen molar-refractivity contribution in [3.8, 4) is 5.75 Å². The number of benzene rings is 2. The molecule has 0 spiro atoms. The molecule has 1 atom stereocenters. The van der Waals surface area contributed by atoms with Crippen LogP contribution in [0.15, 0.2) is 59.1 Å². The molecule has 0 aliphatic heterocycles. The minimum Gasteiger partial charge on any atom is -0.508 e. The van der Waals surface area contributed by atoms with E-state index in [-0.39, 0.29) is 5.75 Å². The summed E-state index contributed by atoms with van der Waals surface area (Å²) in [6.07, 6.45) is 0.788. The van der Waals surface area contributed by atoms with Crippen LogP contribution < -0.4 is 5.32 Å². The van der Waals surface area contributed by atoms with E-state index in [2.05, 4.69) is 43.8 Å². The topological polar surface area (TPSA) is 95.9 Å². The summed E-state index contributed by atoms with van der Waals surface area (Å²) in [5.41, 5.74) is 0.0211. The molecule has 0 aliphatic carbocycles. The number of nitrogens with one attached hydrogen (secondary N) is 1. The summed E-state index contributed by atoms with van der Waals surface area (Å²) in [6, 6.07) is 11.9. The summed E-state index contributed by atoms with van der Waals surface area (Å²) < 4.78 is 7.34. The van der Waals surface area contributed by atoms with Crippen molar-refractivity contribution in [1.29, 1.82) is 0 Å². The maximum absolute atomic E-state index is 12.5. The fourth-order valence-electron chi connectivity index (χ4n) is 2.51. The van der Waals surface area contributed by atoms with Crippen LogP contribution in [0.4, 0.5) is 10.5 Å². The molecule has 2 rings (SSSR count). The number of anilines is 1. The quantitative estimate of drug-likeness (QED) is 0.311. The first-order chi connectivity index (χ1) is 13.1. The lowest BCUT2D eigenvalue weighted by Gasteiger charge is -2.32. The SMILES string of the molecule is CC(C)(/C=C/C(=O)O)[C@@H](OC(=O)Nc1ccc(Br)cc1)c1cc(I)ccc1O. The molecule has 0 heterocycles. The van der Waals surface area contributed by atoms with E-state index >= 15 is 0 Å². The molecule has 28 heavy (non-hydrogen) atoms. The van der Waals surface area contributed by atoms with E-state index in [0.717, 1.165) is 14.1 Å². The number of carbonyl (C=O) groups excluding carboxylic acids is 1. The number of aliphatic carboxylic acids is 1. The predicted octanol–water partition coefficient (Wildman–Crippen LogP) is 5.72. The van der Waals surface area contributed by atoms with Crippen LogP contribution in [0.5, 0.6) is 5.75 Å². The van der Waals surface area contributed by atoms with Crippen LogP contribution in [-0.2, 0) is 9.53 Å². The molecule has 6 nitrogen and oxygen atoms in total. The fraction of sp³-hybridized carbons (Fsp3) is 0.200. The first kappa shape index (κ1) is 22.2. The Bertz CT molecular complexity index is 896. The largest absolute Gasteiger partial charge is 0.508 e. The van der Waals surface area contributed by atoms with Gasteiger partial charge in [-0.1, -0.05) is 35.9 Å². The fourth-order valence-corrected chi connectivity index (χ4v) is 3.29. The lowest BCUT2D eigenvalue weighted by molar-refractivity contribution is -0.131. The van der Waals surface area contributed by atoms with E-state index in [9.17, 15) is 14.7 Å². The van der Waals surface area contributed by atoms with Gasteiger partial charge in [-0.3, -0.25) is 5.32 Å². The van der Waals surface area contributed by atoms with Crippen molar-refractivity contribution in [3.05, 3.63) is 68.2 Å². The molecular weight excluding hydrogens is 541 g/mol. The Morgan fingerprint density at radius 2 is 1.86 bits per heavy atom. The number of hydrogen-bond acceptors (Lipinski definition) is 4. The molecule has 2 aromatic carbocycles. The third-order valence-corrected chi connectivity index (χ3v) is 5.12. The molecule has 0 radical (unpaired) electrons. The highest BCUT2D eigenvalue weighted by Crippen LogP contribution is 2.42. The minimum atomic E-state index is -1.11. The van der Waals surface area contributed by atoms with Crippen LogP contribution >= 0.6 is 38.5 Å². The van der Waals surface area contributed by atoms with Gasteiger partial charge in [-0.2, -0.15) is 0 Å². The van der Waals surface area contributed by atoms with Gasteiger partial charge in [-0.05, 0) is 65.1 Å². The van der Waals surface area contributed by atoms with Crippen LogP contribution in [0.25, 0.3) is 0 Å². The molecule has 0 saturated heterocycles. The molecule has 0 aliphatic rings. The summed E-state index contributed by atoms with van der Waals surface area (Å²) in [7, 11) is 0. The van der Waals surface area contributed by atoms with Gasteiger partial charge in [0.15, 0.2) is 0 Å². The van der Waals surface area contributed by atoms with Gasteiger partial charge < -0.3 is 14.9 Å². The van der Waals surface area contributed by atoms with E-state index in [1.54, 1.807) is 50.2 Å². The van der Waals surface area contributed by atoms with Crippen molar-refractivity contribution in [2.45, 2.75) is 20.0 Å². The second-order valence-corrected chi connectivity index (χ2v) is 8.77. The molecule has 0 bridgehead atoms. The monoisotopic (exact) mass is 559 g/mol. The lowest BCUT2D eigenvalue weighted by Crippen LogP contribution is -2.28. The molecule has 1 amide bonds. The summed E-state index contributed by atoms with van der Waals surface area (Å²) in [5, 5.41) is 21.9. The van der Waals surface area contributed by atoms with Crippen molar-refractivity contribution in [1.82, 2.24) is 0 Å². The third kappa shape index (κ3) is 6.23. The number of hydrogen-bond donors (Lipinski definition) is 3. The summed E-state index contributed by atoms with van der Waals surface area (Å²) in [5.74, 6) is -1.16. The van der Waals surface area contributed by atoms with Gasteiger partial charge in [0.25, 0.3) is 0 Å². The molecular formula is C20H19BrINO5. The summed E-state index contributed by atoms with van der Waals surface area (Å²) in [4.78, 5) is 23.4.